The standard InChI is InChI=1S/C27H27FN4O8/c28-18-5-3-17(4-6-18)15-31-12-1-2-20(31)21(33)14-22(34)26(37)29-11-9-25(36)39-16-19-7-8-24(40-19)32-13-10-23(35)30-27(32)38/h1-6,10,12-14,19,24,33H,7-9,11,15-16H2,(H,29,37)(H,30,35,38)/b21-14-/t19-,24+/m0/s1. The second kappa shape index (κ2) is 12.8. The molecule has 2 aromatic heterocycles. The van der Waals surface area contributed by atoms with Gasteiger partial charge in [0, 0.05) is 37.6 Å². The highest BCUT2D eigenvalue weighted by Crippen LogP contribution is 2.27. The Bertz CT molecular complexity index is 1520. The van der Waals surface area contributed by atoms with Gasteiger partial charge in [0.2, 0.25) is 5.78 Å². The lowest BCUT2D eigenvalue weighted by Crippen LogP contribution is -2.32. The van der Waals surface area contributed by atoms with Gasteiger partial charge in [0.25, 0.3) is 11.5 Å². The molecule has 1 aromatic carbocycles. The molecule has 40 heavy (non-hydrogen) atoms. The van der Waals surface area contributed by atoms with Gasteiger partial charge in [-0.1, -0.05) is 12.1 Å². The van der Waals surface area contributed by atoms with Crippen LogP contribution in [0.15, 0.2) is 70.5 Å². The average molecular weight is 555 g/mol. The van der Waals surface area contributed by atoms with Crippen LogP contribution in [0.1, 0.15) is 36.7 Å². The first-order chi connectivity index (χ1) is 19.2. The predicted octanol–water partition coefficient (Wildman–Crippen LogP) is 1.42. The molecule has 0 aliphatic carbocycles. The van der Waals surface area contributed by atoms with Crippen molar-refractivity contribution in [2.45, 2.75) is 38.1 Å². The van der Waals surface area contributed by atoms with Gasteiger partial charge in [-0.2, -0.15) is 0 Å². The quantitative estimate of drug-likeness (QED) is 0.139. The number of halogens is 1. The van der Waals surface area contributed by atoms with E-state index < -0.39 is 47.0 Å². The monoisotopic (exact) mass is 554 g/mol. The Hall–Kier alpha value is -4.78. The minimum atomic E-state index is -1.01. The maximum Gasteiger partial charge on any atom is 0.330 e. The molecule has 1 amide bonds. The fourth-order valence-electron chi connectivity index (χ4n) is 4.13. The third-order valence-electron chi connectivity index (χ3n) is 6.14. The number of aliphatic hydroxyl groups excluding tert-OH is 1. The predicted molar refractivity (Wildman–Crippen MR) is 139 cm³/mol. The molecule has 3 aromatic rings. The summed E-state index contributed by atoms with van der Waals surface area (Å²) in [4.78, 5) is 61.7. The second-order valence-electron chi connectivity index (χ2n) is 9.04. The van der Waals surface area contributed by atoms with Gasteiger partial charge in [-0.3, -0.25) is 28.7 Å². The van der Waals surface area contributed by atoms with E-state index in [9.17, 15) is 33.5 Å². The maximum atomic E-state index is 13.1. The smallest absolute Gasteiger partial charge is 0.330 e. The van der Waals surface area contributed by atoms with E-state index in [0.717, 1.165) is 11.6 Å². The van der Waals surface area contributed by atoms with Crippen LogP contribution >= 0.6 is 0 Å². The number of ketones is 1. The Kier molecular flexibility index (Phi) is 9.07. The highest BCUT2D eigenvalue weighted by atomic mass is 19.1. The number of aromatic amines is 1. The largest absolute Gasteiger partial charge is 0.506 e. The lowest BCUT2D eigenvalue weighted by Gasteiger charge is -2.15. The minimum absolute atomic E-state index is 0.0610. The van der Waals surface area contributed by atoms with Crippen molar-refractivity contribution >= 4 is 23.4 Å². The van der Waals surface area contributed by atoms with Crippen molar-refractivity contribution in [3.8, 4) is 0 Å². The number of aromatic nitrogens is 3. The topological polar surface area (TPSA) is 162 Å². The molecule has 12 nitrogen and oxygen atoms in total. The fourth-order valence-corrected chi connectivity index (χ4v) is 4.13. The van der Waals surface area contributed by atoms with Crippen LogP contribution in [0.5, 0.6) is 0 Å². The Labute approximate surface area is 226 Å². The number of rotatable bonds is 11. The summed E-state index contributed by atoms with van der Waals surface area (Å²) < 4.78 is 26.9. The fraction of sp³-hybridized carbons (Fsp3) is 0.296. The molecule has 1 aliphatic rings. The first-order valence-corrected chi connectivity index (χ1v) is 12.4. The summed E-state index contributed by atoms with van der Waals surface area (Å²) in [5.74, 6) is -3.44. The molecule has 210 valence electrons. The van der Waals surface area contributed by atoms with Crippen molar-refractivity contribution in [2.24, 2.45) is 0 Å². The zero-order valence-electron chi connectivity index (χ0n) is 21.2. The number of esters is 1. The van der Waals surface area contributed by atoms with E-state index in [-0.39, 0.29) is 31.1 Å². The first kappa shape index (κ1) is 28.2. The molecule has 13 heteroatoms. The highest BCUT2D eigenvalue weighted by molar-refractivity contribution is 6.41. The molecule has 3 N–H and O–H groups in total. The normalized spacial score (nSPS) is 17.0. The molecule has 0 saturated carbocycles. The number of nitrogens with zero attached hydrogens (tertiary/aromatic N) is 2. The van der Waals surface area contributed by atoms with Crippen LogP contribution in [0.4, 0.5) is 4.39 Å². The van der Waals surface area contributed by atoms with Gasteiger partial charge in [0.05, 0.1) is 18.2 Å². The summed E-state index contributed by atoms with van der Waals surface area (Å²) in [5.41, 5.74) is -0.0513. The molecule has 3 heterocycles. The number of hydrogen-bond donors (Lipinski definition) is 3. The number of H-pyrrole nitrogens is 1. The van der Waals surface area contributed by atoms with Crippen LogP contribution in [-0.4, -0.2) is 56.1 Å². The third-order valence-corrected chi connectivity index (χ3v) is 6.14. The van der Waals surface area contributed by atoms with E-state index in [4.69, 9.17) is 9.47 Å². The maximum absolute atomic E-state index is 13.1. The van der Waals surface area contributed by atoms with E-state index in [1.54, 1.807) is 35.0 Å². The number of carbonyl (C=O) groups excluding carboxylic acids is 3. The lowest BCUT2D eigenvalue weighted by atomic mass is 10.2. The molecule has 1 aliphatic heterocycles. The van der Waals surface area contributed by atoms with Crippen molar-refractivity contribution in [1.29, 1.82) is 0 Å². The summed E-state index contributed by atoms with van der Waals surface area (Å²) in [6.45, 7) is 0.0789. The van der Waals surface area contributed by atoms with E-state index in [0.29, 0.717) is 19.4 Å². The van der Waals surface area contributed by atoms with Gasteiger partial charge < -0.3 is 24.5 Å². The zero-order valence-corrected chi connectivity index (χ0v) is 21.2. The molecule has 4 rings (SSSR count). The molecule has 1 fully saturated rings. The third kappa shape index (κ3) is 7.41. The number of aliphatic hydroxyl groups is 1. The first-order valence-electron chi connectivity index (χ1n) is 12.4. The van der Waals surface area contributed by atoms with Crippen molar-refractivity contribution in [1.82, 2.24) is 19.4 Å². The lowest BCUT2D eigenvalue weighted by molar-refractivity contribution is -0.148. The van der Waals surface area contributed by atoms with Crippen LogP contribution in [0, 0.1) is 5.82 Å². The second-order valence-corrected chi connectivity index (χ2v) is 9.04. The van der Waals surface area contributed by atoms with Crippen LogP contribution in [0.3, 0.4) is 0 Å². The molecule has 0 spiro atoms. The van der Waals surface area contributed by atoms with Gasteiger partial charge in [-0.25, -0.2) is 9.18 Å². The van der Waals surface area contributed by atoms with Crippen LogP contribution in [0.2, 0.25) is 0 Å². The molecule has 0 radical (unpaired) electrons. The molecule has 0 unspecified atom stereocenters. The highest BCUT2D eigenvalue weighted by Gasteiger charge is 2.28. The molecule has 0 bridgehead atoms. The average Bonchev–Trinajstić information content (AvgIpc) is 3.58. The number of nitrogens with one attached hydrogen (secondary N) is 2. The Morgan fingerprint density at radius 2 is 1.90 bits per heavy atom. The van der Waals surface area contributed by atoms with Crippen LogP contribution < -0.4 is 16.6 Å². The molecular formula is C27H27FN4O8. The number of ether oxygens (including phenoxy) is 2. The van der Waals surface area contributed by atoms with E-state index >= 15 is 0 Å². The van der Waals surface area contributed by atoms with Gasteiger partial charge in [-0.05, 0) is 42.7 Å². The number of carbonyl (C=O) groups is 3. The van der Waals surface area contributed by atoms with Crippen molar-refractivity contribution in [2.75, 3.05) is 13.2 Å². The summed E-state index contributed by atoms with van der Waals surface area (Å²) in [6.07, 6.45) is 3.56. The van der Waals surface area contributed by atoms with Crippen molar-refractivity contribution < 1.29 is 33.4 Å². The van der Waals surface area contributed by atoms with Crippen LogP contribution in [-0.2, 0) is 30.4 Å². The Morgan fingerprint density at radius 1 is 1.12 bits per heavy atom. The van der Waals surface area contributed by atoms with Crippen molar-refractivity contribution in [3.63, 3.8) is 0 Å². The number of hydrogen-bond acceptors (Lipinski definition) is 8. The zero-order chi connectivity index (χ0) is 28.6. The summed E-state index contributed by atoms with van der Waals surface area (Å²) >= 11 is 0. The molecular weight excluding hydrogens is 527 g/mol. The van der Waals surface area contributed by atoms with Gasteiger partial charge in [-0.15, -0.1) is 0 Å². The number of benzene rings is 1. The summed E-state index contributed by atoms with van der Waals surface area (Å²) in [5, 5.41) is 12.7. The van der Waals surface area contributed by atoms with E-state index in [1.807, 2.05) is 0 Å². The Morgan fingerprint density at radius 3 is 2.65 bits per heavy atom. The van der Waals surface area contributed by atoms with Gasteiger partial charge >= 0.3 is 11.7 Å². The molecule has 1 saturated heterocycles. The summed E-state index contributed by atoms with van der Waals surface area (Å²) in [7, 11) is 0. The van der Waals surface area contributed by atoms with E-state index in [2.05, 4.69) is 10.3 Å². The Balaban J connectivity index is 1.19. The van der Waals surface area contributed by atoms with E-state index in [1.165, 1.54) is 29.0 Å². The number of amides is 1. The molecule has 2 atom stereocenters. The minimum Gasteiger partial charge on any atom is -0.506 e. The van der Waals surface area contributed by atoms with Gasteiger partial charge in [0.15, 0.2) is 0 Å². The van der Waals surface area contributed by atoms with Crippen LogP contribution in [0.25, 0.3) is 5.76 Å². The van der Waals surface area contributed by atoms with Gasteiger partial charge in [0.1, 0.15) is 24.4 Å². The summed E-state index contributed by atoms with van der Waals surface area (Å²) in [6, 6.07) is 10.2. The SMILES string of the molecule is O=C(CCNC(=O)C(=O)/C=C(\O)c1cccn1Cc1ccc(F)cc1)OC[C@@H]1CC[C@H](n2ccc(=O)[nH]c2=O)O1. The van der Waals surface area contributed by atoms with Crippen molar-refractivity contribution in [3.05, 3.63) is 98.8 Å².